The van der Waals surface area contributed by atoms with Crippen molar-refractivity contribution in [2.45, 2.75) is 6.54 Å². The lowest BCUT2D eigenvalue weighted by Crippen LogP contribution is -2.35. The van der Waals surface area contributed by atoms with Crippen molar-refractivity contribution in [3.05, 3.63) is 29.6 Å². The largest absolute Gasteiger partial charge is 0.477 e. The lowest BCUT2D eigenvalue weighted by atomic mass is 10.2. The van der Waals surface area contributed by atoms with Crippen LogP contribution in [-0.2, 0) is 11.3 Å². The Morgan fingerprint density at radius 1 is 1.50 bits per heavy atom. The minimum atomic E-state index is -0.983. The highest BCUT2D eigenvalue weighted by atomic mass is 16.5. The van der Waals surface area contributed by atoms with Crippen molar-refractivity contribution in [3.8, 4) is 0 Å². The van der Waals surface area contributed by atoms with Crippen molar-refractivity contribution < 1.29 is 14.6 Å². The predicted octanol–water partition coefficient (Wildman–Crippen LogP) is 0.612. The molecule has 1 saturated heterocycles. The molecule has 0 unspecified atom stereocenters. The third-order valence-electron chi connectivity index (χ3n) is 2.55. The van der Waals surface area contributed by atoms with Gasteiger partial charge in [-0.25, -0.2) is 9.78 Å². The fraction of sp³-hybridized carbons (Fsp3) is 0.455. The molecule has 0 aliphatic carbocycles. The maximum absolute atomic E-state index is 10.7. The number of hydrogen-bond acceptors (Lipinski definition) is 4. The summed E-state index contributed by atoms with van der Waals surface area (Å²) in [6.07, 6.45) is 1.54. The van der Waals surface area contributed by atoms with Crippen LogP contribution in [0, 0.1) is 0 Å². The normalized spacial score (nSPS) is 17.2. The van der Waals surface area contributed by atoms with E-state index < -0.39 is 5.97 Å². The zero-order valence-electron chi connectivity index (χ0n) is 8.93. The number of carboxylic acid groups (broad SMARTS) is 1. The van der Waals surface area contributed by atoms with E-state index in [-0.39, 0.29) is 5.69 Å². The summed E-state index contributed by atoms with van der Waals surface area (Å²) in [6.45, 7) is 4.04. The molecule has 1 aliphatic heterocycles. The Kier molecular flexibility index (Phi) is 3.48. The first-order valence-electron chi connectivity index (χ1n) is 5.24. The number of carboxylic acids is 1. The van der Waals surface area contributed by atoms with Crippen molar-refractivity contribution in [2.24, 2.45) is 0 Å². The van der Waals surface area contributed by atoms with E-state index in [9.17, 15) is 4.79 Å². The molecule has 2 rings (SSSR count). The van der Waals surface area contributed by atoms with E-state index in [1.165, 1.54) is 0 Å². The van der Waals surface area contributed by atoms with E-state index in [2.05, 4.69) is 9.88 Å². The van der Waals surface area contributed by atoms with E-state index in [1.54, 1.807) is 12.3 Å². The fourth-order valence-corrected chi connectivity index (χ4v) is 1.71. The highest BCUT2D eigenvalue weighted by molar-refractivity contribution is 5.85. The van der Waals surface area contributed by atoms with Crippen LogP contribution in [0.5, 0.6) is 0 Å². The molecule has 1 fully saturated rings. The van der Waals surface area contributed by atoms with Crippen LogP contribution in [0.1, 0.15) is 16.1 Å². The van der Waals surface area contributed by atoms with Gasteiger partial charge < -0.3 is 9.84 Å². The lowest BCUT2D eigenvalue weighted by molar-refractivity contribution is 0.0341. The van der Waals surface area contributed by atoms with Crippen LogP contribution in [-0.4, -0.2) is 47.3 Å². The van der Waals surface area contributed by atoms with Gasteiger partial charge in [0.15, 0.2) is 0 Å². The van der Waals surface area contributed by atoms with Crippen LogP contribution in [0.15, 0.2) is 18.3 Å². The number of morpholine rings is 1. The molecule has 86 valence electrons. The molecule has 2 heterocycles. The van der Waals surface area contributed by atoms with Gasteiger partial charge in [0.1, 0.15) is 5.69 Å². The van der Waals surface area contributed by atoms with Crippen molar-refractivity contribution in [1.29, 1.82) is 0 Å². The predicted molar refractivity (Wildman–Crippen MR) is 57.3 cm³/mol. The SMILES string of the molecule is O=C(O)c1cc(CN2CCOCC2)ccn1. The second-order valence-electron chi connectivity index (χ2n) is 3.74. The molecule has 0 aromatic carbocycles. The summed E-state index contributed by atoms with van der Waals surface area (Å²) in [7, 11) is 0. The Morgan fingerprint density at radius 2 is 2.25 bits per heavy atom. The molecule has 0 saturated carbocycles. The van der Waals surface area contributed by atoms with Crippen LogP contribution in [0.25, 0.3) is 0 Å². The first-order chi connectivity index (χ1) is 7.75. The molecule has 0 atom stereocenters. The molecule has 0 radical (unpaired) electrons. The topological polar surface area (TPSA) is 62.7 Å². The number of carbonyl (C=O) groups is 1. The lowest BCUT2D eigenvalue weighted by Gasteiger charge is -2.26. The van der Waals surface area contributed by atoms with Crippen molar-refractivity contribution >= 4 is 5.97 Å². The van der Waals surface area contributed by atoms with Gasteiger partial charge in [0.25, 0.3) is 0 Å². The number of aromatic carboxylic acids is 1. The standard InChI is InChI=1S/C11H14N2O3/c14-11(15)10-7-9(1-2-12-10)8-13-3-5-16-6-4-13/h1-2,7H,3-6,8H2,(H,14,15). The summed E-state index contributed by atoms with van der Waals surface area (Å²) in [5.41, 5.74) is 1.08. The Bertz CT molecular complexity index is 375. The summed E-state index contributed by atoms with van der Waals surface area (Å²) in [4.78, 5) is 16.8. The van der Waals surface area contributed by atoms with Crippen molar-refractivity contribution in [2.75, 3.05) is 26.3 Å². The van der Waals surface area contributed by atoms with Gasteiger partial charge in [-0.3, -0.25) is 4.90 Å². The fourth-order valence-electron chi connectivity index (χ4n) is 1.71. The molecule has 1 N–H and O–H groups in total. The molecular weight excluding hydrogens is 208 g/mol. The molecular formula is C11H14N2O3. The first kappa shape index (κ1) is 11.0. The first-order valence-corrected chi connectivity index (χ1v) is 5.24. The average molecular weight is 222 g/mol. The maximum Gasteiger partial charge on any atom is 0.354 e. The zero-order valence-corrected chi connectivity index (χ0v) is 8.93. The monoisotopic (exact) mass is 222 g/mol. The summed E-state index contributed by atoms with van der Waals surface area (Å²) in [5.74, 6) is -0.983. The Labute approximate surface area is 93.7 Å². The van der Waals surface area contributed by atoms with E-state index in [4.69, 9.17) is 9.84 Å². The van der Waals surface area contributed by atoms with Gasteiger partial charge >= 0.3 is 5.97 Å². The zero-order chi connectivity index (χ0) is 11.4. The van der Waals surface area contributed by atoms with Crippen LogP contribution >= 0.6 is 0 Å². The van der Waals surface area contributed by atoms with Crippen LogP contribution in [0.3, 0.4) is 0 Å². The summed E-state index contributed by atoms with van der Waals surface area (Å²) < 4.78 is 5.25. The minimum absolute atomic E-state index is 0.103. The number of rotatable bonds is 3. The van der Waals surface area contributed by atoms with Gasteiger partial charge in [-0.2, -0.15) is 0 Å². The Hall–Kier alpha value is -1.46. The quantitative estimate of drug-likeness (QED) is 0.812. The maximum atomic E-state index is 10.7. The van der Waals surface area contributed by atoms with E-state index in [1.807, 2.05) is 6.07 Å². The second-order valence-corrected chi connectivity index (χ2v) is 3.74. The van der Waals surface area contributed by atoms with Gasteiger partial charge in [-0.15, -0.1) is 0 Å². The average Bonchev–Trinajstić information content (AvgIpc) is 2.30. The molecule has 1 aliphatic rings. The van der Waals surface area contributed by atoms with Crippen LogP contribution in [0.2, 0.25) is 0 Å². The van der Waals surface area contributed by atoms with Crippen LogP contribution in [0.4, 0.5) is 0 Å². The second kappa shape index (κ2) is 5.05. The Balaban J connectivity index is 2.02. The highest BCUT2D eigenvalue weighted by Gasteiger charge is 2.12. The third-order valence-corrected chi connectivity index (χ3v) is 2.55. The van der Waals surface area contributed by atoms with Gasteiger partial charge in [0.05, 0.1) is 13.2 Å². The van der Waals surface area contributed by atoms with Crippen molar-refractivity contribution in [3.63, 3.8) is 0 Å². The number of nitrogens with zero attached hydrogens (tertiary/aromatic N) is 2. The van der Waals surface area contributed by atoms with E-state index in [0.717, 1.165) is 38.4 Å². The van der Waals surface area contributed by atoms with E-state index >= 15 is 0 Å². The summed E-state index contributed by atoms with van der Waals surface area (Å²) >= 11 is 0. The summed E-state index contributed by atoms with van der Waals surface area (Å²) in [5, 5.41) is 8.82. The minimum Gasteiger partial charge on any atom is -0.477 e. The number of ether oxygens (including phenoxy) is 1. The molecule has 1 aromatic rings. The number of aromatic nitrogens is 1. The van der Waals surface area contributed by atoms with Crippen LogP contribution < -0.4 is 0 Å². The van der Waals surface area contributed by atoms with Gasteiger partial charge in [-0.05, 0) is 17.7 Å². The van der Waals surface area contributed by atoms with Gasteiger partial charge in [0, 0.05) is 25.8 Å². The molecule has 16 heavy (non-hydrogen) atoms. The smallest absolute Gasteiger partial charge is 0.354 e. The molecule has 1 aromatic heterocycles. The third kappa shape index (κ3) is 2.77. The molecule has 0 spiro atoms. The van der Waals surface area contributed by atoms with E-state index in [0.29, 0.717) is 0 Å². The highest BCUT2D eigenvalue weighted by Crippen LogP contribution is 2.08. The number of hydrogen-bond donors (Lipinski definition) is 1. The van der Waals surface area contributed by atoms with Gasteiger partial charge in [0.2, 0.25) is 0 Å². The molecule has 0 bridgehead atoms. The molecule has 5 heteroatoms. The van der Waals surface area contributed by atoms with Crippen molar-refractivity contribution in [1.82, 2.24) is 9.88 Å². The molecule has 5 nitrogen and oxygen atoms in total. The number of pyridine rings is 1. The molecule has 0 amide bonds. The van der Waals surface area contributed by atoms with Gasteiger partial charge in [-0.1, -0.05) is 0 Å². The summed E-state index contributed by atoms with van der Waals surface area (Å²) in [6, 6.07) is 3.47. The Morgan fingerprint density at radius 3 is 2.94 bits per heavy atom.